The SMILES string of the molecule is COc1cc(-c2oc3cc(O)cc(O)c3c(=O)c2O[C@@H]2OC(C)[C@H](O)C(O)[C@@H]2O[C@@H]2OC(COC(=O)/C=C/c3ccc(O)cc3)[C@@H](O)[C@H](O)C2O)ccc1O. The minimum absolute atomic E-state index is 0.0244. The van der Waals surface area contributed by atoms with Gasteiger partial charge in [-0.2, -0.15) is 0 Å². The van der Waals surface area contributed by atoms with Crippen molar-refractivity contribution in [1.82, 2.24) is 0 Å². The monoisotopic (exact) mass is 770 g/mol. The molecule has 3 heterocycles. The van der Waals surface area contributed by atoms with Gasteiger partial charge in [-0.3, -0.25) is 4.79 Å². The Kier molecular flexibility index (Phi) is 11.5. The molecule has 294 valence electrons. The summed E-state index contributed by atoms with van der Waals surface area (Å²) in [5, 5.41) is 94.1. The first-order chi connectivity index (χ1) is 26.2. The molecule has 0 aliphatic carbocycles. The second-order valence-electron chi connectivity index (χ2n) is 12.8. The molecule has 0 amide bonds. The molecular weight excluding hydrogens is 732 g/mol. The summed E-state index contributed by atoms with van der Waals surface area (Å²) in [6.07, 6.45) is -15.0. The smallest absolute Gasteiger partial charge is 0.330 e. The fourth-order valence-corrected chi connectivity index (χ4v) is 6.03. The van der Waals surface area contributed by atoms with Crippen LogP contribution in [0, 0.1) is 0 Å². The predicted octanol–water partition coefficient (Wildman–Crippen LogP) is 0.586. The molecule has 0 spiro atoms. The summed E-state index contributed by atoms with van der Waals surface area (Å²) in [5.41, 5.74) is -0.617. The van der Waals surface area contributed by atoms with E-state index in [0.717, 1.165) is 18.2 Å². The van der Waals surface area contributed by atoms with E-state index in [-0.39, 0.29) is 34.2 Å². The van der Waals surface area contributed by atoms with E-state index in [1.54, 1.807) is 12.1 Å². The Bertz CT molecular complexity index is 2100. The quantitative estimate of drug-likeness (QED) is 0.0788. The van der Waals surface area contributed by atoms with Crippen LogP contribution < -0.4 is 14.9 Å². The van der Waals surface area contributed by atoms with E-state index in [2.05, 4.69) is 0 Å². The van der Waals surface area contributed by atoms with Crippen molar-refractivity contribution in [3.63, 3.8) is 0 Å². The molecule has 55 heavy (non-hydrogen) atoms. The maximum atomic E-state index is 14.0. The standard InChI is InChI=1S/C37H38O18/c1-15-27(43)31(47)35(55-36-32(48)30(46)28(44)24(53-36)14-50-25(42)10-5-16-3-7-18(38)8-4-16)37(51-15)54-34-29(45)26-21(41)12-19(39)13-23(26)52-33(34)17-6-9-20(40)22(11-17)49-2/h3-13,15,24,27-28,30-32,35-41,43-44,46-48H,14H2,1-2H3/b10-5+/t15?,24?,27-,28+,30-,31?,32?,35-,36-,37-/m0/s1. The molecule has 2 aliphatic heterocycles. The molecule has 0 bridgehead atoms. The van der Waals surface area contributed by atoms with Crippen LogP contribution in [0.1, 0.15) is 12.5 Å². The molecule has 2 fully saturated rings. The van der Waals surface area contributed by atoms with Crippen molar-refractivity contribution in [3.05, 3.63) is 76.5 Å². The first-order valence-corrected chi connectivity index (χ1v) is 16.7. The van der Waals surface area contributed by atoms with Gasteiger partial charge in [-0.25, -0.2) is 4.79 Å². The van der Waals surface area contributed by atoms with E-state index < -0.39 is 102 Å². The lowest BCUT2D eigenvalue weighted by molar-refractivity contribution is -0.355. The van der Waals surface area contributed by atoms with E-state index in [1.165, 1.54) is 50.4 Å². The van der Waals surface area contributed by atoms with Crippen molar-refractivity contribution in [2.24, 2.45) is 0 Å². The van der Waals surface area contributed by atoms with Gasteiger partial charge in [0.1, 0.15) is 71.4 Å². The fraction of sp³-hybridized carbons (Fsp3) is 0.351. The Hall–Kier alpha value is -5.44. The van der Waals surface area contributed by atoms with Crippen molar-refractivity contribution in [2.45, 2.75) is 68.3 Å². The van der Waals surface area contributed by atoms with Crippen LogP contribution in [0.2, 0.25) is 0 Å². The summed E-state index contributed by atoms with van der Waals surface area (Å²) in [6.45, 7) is 0.722. The van der Waals surface area contributed by atoms with Crippen molar-refractivity contribution in [2.75, 3.05) is 13.7 Å². The average Bonchev–Trinajstić information content (AvgIpc) is 3.15. The number of methoxy groups -OCH3 is 1. The summed E-state index contributed by atoms with van der Waals surface area (Å²) < 4.78 is 39.6. The van der Waals surface area contributed by atoms with Gasteiger partial charge in [0.05, 0.1) is 13.2 Å². The summed E-state index contributed by atoms with van der Waals surface area (Å²) in [4.78, 5) is 26.4. The molecular formula is C37H38O18. The van der Waals surface area contributed by atoms with Crippen LogP contribution in [0.4, 0.5) is 0 Å². The van der Waals surface area contributed by atoms with Crippen molar-refractivity contribution >= 4 is 23.0 Å². The number of esters is 1. The number of fused-ring (bicyclic) bond motifs is 1. The van der Waals surface area contributed by atoms with Crippen LogP contribution in [0.25, 0.3) is 28.4 Å². The molecule has 18 heteroatoms. The number of aromatic hydroxyl groups is 4. The molecule has 18 nitrogen and oxygen atoms in total. The molecule has 1 aromatic heterocycles. The van der Waals surface area contributed by atoms with Crippen molar-refractivity contribution in [1.29, 1.82) is 0 Å². The first-order valence-electron chi connectivity index (χ1n) is 16.7. The van der Waals surface area contributed by atoms with Gasteiger partial charge in [-0.15, -0.1) is 0 Å². The van der Waals surface area contributed by atoms with E-state index >= 15 is 0 Å². The molecule has 3 aromatic carbocycles. The zero-order chi connectivity index (χ0) is 39.7. The number of phenols is 4. The minimum atomic E-state index is -1.99. The van der Waals surface area contributed by atoms with Crippen LogP contribution in [-0.2, 0) is 23.7 Å². The third-order valence-electron chi connectivity index (χ3n) is 9.03. The summed E-state index contributed by atoms with van der Waals surface area (Å²) in [5.74, 6) is -3.24. The Morgan fingerprint density at radius 1 is 0.800 bits per heavy atom. The van der Waals surface area contributed by atoms with Crippen LogP contribution in [0.3, 0.4) is 0 Å². The maximum absolute atomic E-state index is 14.0. The Morgan fingerprint density at radius 3 is 2.24 bits per heavy atom. The van der Waals surface area contributed by atoms with Gasteiger partial charge >= 0.3 is 5.97 Å². The molecule has 2 saturated heterocycles. The molecule has 4 aromatic rings. The van der Waals surface area contributed by atoms with Crippen LogP contribution in [0.5, 0.6) is 34.5 Å². The Labute approximate surface area is 310 Å². The number of hydrogen-bond acceptors (Lipinski definition) is 18. The molecule has 10 atom stereocenters. The van der Waals surface area contributed by atoms with E-state index in [4.69, 9.17) is 32.8 Å². The highest BCUT2D eigenvalue weighted by Gasteiger charge is 2.51. The third kappa shape index (κ3) is 8.16. The molecule has 2 aliphatic rings. The highest BCUT2D eigenvalue weighted by atomic mass is 16.8. The van der Waals surface area contributed by atoms with E-state index in [9.17, 15) is 55.5 Å². The molecule has 6 rings (SSSR count). The maximum Gasteiger partial charge on any atom is 0.330 e. The van der Waals surface area contributed by atoms with Gasteiger partial charge in [0, 0.05) is 23.8 Å². The molecule has 9 N–H and O–H groups in total. The van der Waals surface area contributed by atoms with Crippen molar-refractivity contribution in [3.8, 4) is 45.8 Å². The molecule has 0 radical (unpaired) electrons. The Balaban J connectivity index is 1.29. The van der Waals surface area contributed by atoms with Gasteiger partial charge in [0.2, 0.25) is 17.5 Å². The number of carbonyl (C=O) groups is 1. The summed E-state index contributed by atoms with van der Waals surface area (Å²) >= 11 is 0. The topological polar surface area (TPSA) is 285 Å². The zero-order valence-corrected chi connectivity index (χ0v) is 29.0. The first kappa shape index (κ1) is 39.3. The number of phenolic OH excluding ortho intramolecular Hbond substituents is 4. The number of aliphatic hydroxyl groups is 5. The van der Waals surface area contributed by atoms with E-state index in [1.807, 2.05) is 0 Å². The molecule has 0 saturated carbocycles. The van der Waals surface area contributed by atoms with Crippen molar-refractivity contribution < 1.29 is 83.6 Å². The second-order valence-corrected chi connectivity index (χ2v) is 12.8. The fourth-order valence-electron chi connectivity index (χ4n) is 6.03. The number of rotatable bonds is 10. The van der Waals surface area contributed by atoms with Gasteiger partial charge in [-0.05, 0) is 48.9 Å². The van der Waals surface area contributed by atoms with Gasteiger partial charge < -0.3 is 78.8 Å². The second kappa shape index (κ2) is 16.1. The van der Waals surface area contributed by atoms with Gasteiger partial charge in [0.25, 0.3) is 0 Å². The highest BCUT2D eigenvalue weighted by molar-refractivity contribution is 5.88. The number of hydrogen-bond donors (Lipinski definition) is 9. The summed E-state index contributed by atoms with van der Waals surface area (Å²) in [6, 6.07) is 11.7. The lowest BCUT2D eigenvalue weighted by atomic mass is 9.97. The normalized spacial score (nSPS) is 28.3. The minimum Gasteiger partial charge on any atom is -0.508 e. The third-order valence-corrected chi connectivity index (χ3v) is 9.03. The number of benzene rings is 3. The van der Waals surface area contributed by atoms with Crippen LogP contribution >= 0.6 is 0 Å². The zero-order valence-electron chi connectivity index (χ0n) is 29.0. The van der Waals surface area contributed by atoms with Gasteiger partial charge in [0.15, 0.2) is 29.7 Å². The predicted molar refractivity (Wildman–Crippen MR) is 186 cm³/mol. The molecule has 4 unspecified atom stereocenters. The van der Waals surface area contributed by atoms with Gasteiger partial charge in [-0.1, -0.05) is 12.1 Å². The number of aliphatic hydroxyl groups excluding tert-OH is 5. The Morgan fingerprint density at radius 2 is 1.53 bits per heavy atom. The van der Waals surface area contributed by atoms with E-state index in [0.29, 0.717) is 5.56 Å². The highest BCUT2D eigenvalue weighted by Crippen LogP contribution is 2.40. The lowest BCUT2D eigenvalue weighted by Crippen LogP contribution is -2.64. The average molecular weight is 771 g/mol. The number of carbonyl (C=O) groups excluding carboxylic acids is 1. The van der Waals surface area contributed by atoms with Crippen LogP contribution in [-0.4, -0.2) is 127 Å². The lowest BCUT2D eigenvalue weighted by Gasteiger charge is -2.45. The van der Waals surface area contributed by atoms with Crippen LogP contribution in [0.15, 0.2) is 69.9 Å². The number of ether oxygens (including phenoxy) is 6. The largest absolute Gasteiger partial charge is 0.508 e. The summed E-state index contributed by atoms with van der Waals surface area (Å²) in [7, 11) is 1.28.